The Bertz CT molecular complexity index is 685. The van der Waals surface area contributed by atoms with E-state index in [2.05, 4.69) is 4.98 Å². The van der Waals surface area contributed by atoms with Crippen LogP contribution in [0.4, 0.5) is 4.39 Å². The van der Waals surface area contributed by atoms with Crippen molar-refractivity contribution >= 4 is 10.9 Å². The Morgan fingerprint density at radius 1 is 1.06 bits per heavy atom. The third kappa shape index (κ3) is 1.74. The van der Waals surface area contributed by atoms with Crippen LogP contribution < -0.4 is 4.74 Å². The second-order valence-corrected chi connectivity index (χ2v) is 4.11. The van der Waals surface area contributed by atoms with E-state index >= 15 is 0 Å². The van der Waals surface area contributed by atoms with Gasteiger partial charge in [0.1, 0.15) is 11.6 Å². The van der Waals surface area contributed by atoms with E-state index in [0.29, 0.717) is 0 Å². The predicted octanol–water partition coefficient (Wildman–Crippen LogP) is 3.98. The molecular formula is C15H12FNO. The average molecular weight is 241 g/mol. The number of hydrogen-bond donors (Lipinski definition) is 1. The van der Waals surface area contributed by atoms with Gasteiger partial charge in [-0.3, -0.25) is 0 Å². The summed E-state index contributed by atoms with van der Waals surface area (Å²) in [5, 5.41) is 1.08. The summed E-state index contributed by atoms with van der Waals surface area (Å²) >= 11 is 0. The van der Waals surface area contributed by atoms with Crippen LogP contribution in [0, 0.1) is 5.82 Å². The standard InChI is InChI=1S/C15H12FNO/c1-18-14-4-2-3-11-9-13(17-15(11)14)10-5-7-12(16)8-6-10/h2-9,17H,1H3. The number of para-hydroxylation sites is 1. The molecule has 2 aromatic carbocycles. The highest BCUT2D eigenvalue weighted by Gasteiger charge is 2.07. The highest BCUT2D eigenvalue weighted by Crippen LogP contribution is 2.29. The molecule has 0 aliphatic carbocycles. The molecule has 90 valence electrons. The lowest BCUT2D eigenvalue weighted by Crippen LogP contribution is -1.83. The Hall–Kier alpha value is -2.29. The molecule has 1 aromatic heterocycles. The topological polar surface area (TPSA) is 25.0 Å². The number of methoxy groups -OCH3 is 1. The number of aromatic amines is 1. The van der Waals surface area contributed by atoms with E-state index in [0.717, 1.165) is 27.9 Å². The molecule has 0 aliphatic rings. The van der Waals surface area contributed by atoms with Crippen molar-refractivity contribution in [3.8, 4) is 17.0 Å². The van der Waals surface area contributed by atoms with Crippen molar-refractivity contribution in [1.82, 2.24) is 4.98 Å². The summed E-state index contributed by atoms with van der Waals surface area (Å²) in [6.45, 7) is 0. The van der Waals surface area contributed by atoms with E-state index < -0.39 is 0 Å². The van der Waals surface area contributed by atoms with Crippen LogP contribution in [-0.2, 0) is 0 Å². The van der Waals surface area contributed by atoms with Gasteiger partial charge in [0.2, 0.25) is 0 Å². The fraction of sp³-hybridized carbons (Fsp3) is 0.0667. The summed E-state index contributed by atoms with van der Waals surface area (Å²) < 4.78 is 18.2. The lowest BCUT2D eigenvalue weighted by atomic mass is 10.1. The van der Waals surface area contributed by atoms with E-state index in [1.165, 1.54) is 12.1 Å². The number of rotatable bonds is 2. The Labute approximate surface area is 104 Å². The van der Waals surface area contributed by atoms with Gasteiger partial charge in [0.05, 0.1) is 12.6 Å². The van der Waals surface area contributed by atoms with Crippen molar-refractivity contribution in [1.29, 1.82) is 0 Å². The van der Waals surface area contributed by atoms with Gasteiger partial charge in [0, 0.05) is 11.1 Å². The Morgan fingerprint density at radius 3 is 2.56 bits per heavy atom. The minimum absolute atomic E-state index is 0.229. The lowest BCUT2D eigenvalue weighted by Gasteiger charge is -2.00. The molecule has 0 fully saturated rings. The van der Waals surface area contributed by atoms with Gasteiger partial charge in [-0.25, -0.2) is 4.39 Å². The van der Waals surface area contributed by atoms with Crippen LogP contribution in [0.3, 0.4) is 0 Å². The van der Waals surface area contributed by atoms with E-state index in [9.17, 15) is 4.39 Å². The summed E-state index contributed by atoms with van der Waals surface area (Å²) in [6, 6.07) is 14.3. The molecule has 0 saturated heterocycles. The monoisotopic (exact) mass is 241 g/mol. The van der Waals surface area contributed by atoms with E-state index in [1.54, 1.807) is 19.2 Å². The van der Waals surface area contributed by atoms with Gasteiger partial charge >= 0.3 is 0 Å². The first kappa shape index (κ1) is 10.8. The minimum Gasteiger partial charge on any atom is -0.495 e. The zero-order valence-electron chi connectivity index (χ0n) is 9.91. The fourth-order valence-electron chi connectivity index (χ4n) is 2.08. The maximum absolute atomic E-state index is 12.9. The van der Waals surface area contributed by atoms with E-state index in [1.807, 2.05) is 24.3 Å². The second kappa shape index (κ2) is 4.18. The molecular weight excluding hydrogens is 229 g/mol. The minimum atomic E-state index is -0.229. The summed E-state index contributed by atoms with van der Waals surface area (Å²) in [4.78, 5) is 3.30. The van der Waals surface area contributed by atoms with Crippen LogP contribution in [0.2, 0.25) is 0 Å². The number of nitrogens with one attached hydrogen (secondary N) is 1. The lowest BCUT2D eigenvalue weighted by molar-refractivity contribution is 0.419. The van der Waals surface area contributed by atoms with Crippen molar-refractivity contribution in [3.05, 3.63) is 54.3 Å². The largest absolute Gasteiger partial charge is 0.495 e. The van der Waals surface area contributed by atoms with Crippen LogP contribution in [0.25, 0.3) is 22.2 Å². The zero-order valence-corrected chi connectivity index (χ0v) is 9.91. The smallest absolute Gasteiger partial charge is 0.142 e. The van der Waals surface area contributed by atoms with Gasteiger partial charge in [-0.15, -0.1) is 0 Å². The van der Waals surface area contributed by atoms with Gasteiger partial charge in [-0.1, -0.05) is 12.1 Å². The molecule has 3 aromatic rings. The quantitative estimate of drug-likeness (QED) is 0.721. The fourth-order valence-corrected chi connectivity index (χ4v) is 2.08. The molecule has 1 heterocycles. The van der Waals surface area contributed by atoms with Crippen molar-refractivity contribution < 1.29 is 9.13 Å². The predicted molar refractivity (Wildman–Crippen MR) is 70.2 cm³/mol. The molecule has 1 N–H and O–H groups in total. The molecule has 2 nitrogen and oxygen atoms in total. The summed E-state index contributed by atoms with van der Waals surface area (Å²) in [5.41, 5.74) is 2.86. The zero-order chi connectivity index (χ0) is 12.5. The first-order valence-electron chi connectivity index (χ1n) is 5.69. The Balaban J connectivity index is 2.16. The molecule has 0 saturated carbocycles. The van der Waals surface area contributed by atoms with Crippen LogP contribution >= 0.6 is 0 Å². The number of fused-ring (bicyclic) bond motifs is 1. The molecule has 0 aliphatic heterocycles. The average Bonchev–Trinajstić information content (AvgIpc) is 2.83. The SMILES string of the molecule is COc1cccc2cc(-c3ccc(F)cc3)[nH]c12. The van der Waals surface area contributed by atoms with E-state index in [4.69, 9.17) is 4.74 Å². The summed E-state index contributed by atoms with van der Waals surface area (Å²) in [5.74, 6) is 0.577. The normalized spacial score (nSPS) is 10.8. The van der Waals surface area contributed by atoms with Crippen LogP contribution in [0.5, 0.6) is 5.75 Å². The van der Waals surface area contributed by atoms with Gasteiger partial charge in [-0.2, -0.15) is 0 Å². The molecule has 0 bridgehead atoms. The number of ether oxygens (including phenoxy) is 1. The van der Waals surface area contributed by atoms with Crippen LogP contribution in [0.1, 0.15) is 0 Å². The van der Waals surface area contributed by atoms with Gasteiger partial charge in [-0.05, 0) is 42.0 Å². The maximum atomic E-state index is 12.9. The van der Waals surface area contributed by atoms with Crippen LogP contribution in [-0.4, -0.2) is 12.1 Å². The van der Waals surface area contributed by atoms with Crippen molar-refractivity contribution in [3.63, 3.8) is 0 Å². The number of benzene rings is 2. The molecule has 0 atom stereocenters. The number of aromatic nitrogens is 1. The summed E-state index contributed by atoms with van der Waals surface area (Å²) in [6.07, 6.45) is 0. The number of hydrogen-bond acceptors (Lipinski definition) is 1. The first-order valence-corrected chi connectivity index (χ1v) is 5.69. The second-order valence-electron chi connectivity index (χ2n) is 4.11. The number of H-pyrrole nitrogens is 1. The molecule has 0 radical (unpaired) electrons. The molecule has 0 spiro atoms. The third-order valence-electron chi connectivity index (χ3n) is 2.99. The molecule has 3 rings (SSSR count). The highest BCUT2D eigenvalue weighted by atomic mass is 19.1. The van der Waals surface area contributed by atoms with Crippen molar-refractivity contribution in [2.24, 2.45) is 0 Å². The Kier molecular flexibility index (Phi) is 2.52. The Morgan fingerprint density at radius 2 is 1.83 bits per heavy atom. The van der Waals surface area contributed by atoms with Gasteiger partial charge < -0.3 is 9.72 Å². The van der Waals surface area contributed by atoms with E-state index in [-0.39, 0.29) is 5.82 Å². The highest BCUT2D eigenvalue weighted by molar-refractivity contribution is 5.90. The van der Waals surface area contributed by atoms with Crippen LogP contribution in [0.15, 0.2) is 48.5 Å². The summed E-state index contributed by atoms with van der Waals surface area (Å²) in [7, 11) is 1.65. The van der Waals surface area contributed by atoms with Crippen molar-refractivity contribution in [2.75, 3.05) is 7.11 Å². The molecule has 0 unspecified atom stereocenters. The third-order valence-corrected chi connectivity index (χ3v) is 2.99. The van der Waals surface area contributed by atoms with Gasteiger partial charge in [0.25, 0.3) is 0 Å². The molecule has 3 heteroatoms. The molecule has 0 amide bonds. The number of halogens is 1. The first-order chi connectivity index (χ1) is 8.78. The molecule has 18 heavy (non-hydrogen) atoms. The van der Waals surface area contributed by atoms with Crippen molar-refractivity contribution in [2.45, 2.75) is 0 Å². The van der Waals surface area contributed by atoms with Gasteiger partial charge in [0.15, 0.2) is 0 Å². The maximum Gasteiger partial charge on any atom is 0.142 e.